The van der Waals surface area contributed by atoms with E-state index in [1.165, 1.54) is 24.3 Å². The SMILES string of the molecule is NC(=O)[C@@H](Cc1ccc(F)cc1)NC(=O)[C@H](O)c1ccc(C(F)(F)F)cc1. The van der Waals surface area contributed by atoms with Gasteiger partial charge in [0.1, 0.15) is 11.9 Å². The Balaban J connectivity index is 2.07. The lowest BCUT2D eigenvalue weighted by molar-refractivity contribution is -0.137. The number of alkyl halides is 3. The molecule has 5 nitrogen and oxygen atoms in total. The van der Waals surface area contributed by atoms with E-state index in [0.717, 1.165) is 24.3 Å². The lowest BCUT2D eigenvalue weighted by Gasteiger charge is -2.18. The van der Waals surface area contributed by atoms with Crippen LogP contribution in [0, 0.1) is 5.82 Å². The number of hydrogen-bond acceptors (Lipinski definition) is 3. The molecular formula is C18H16F4N2O3. The molecule has 144 valence electrons. The highest BCUT2D eigenvalue weighted by Crippen LogP contribution is 2.30. The highest BCUT2D eigenvalue weighted by atomic mass is 19.4. The number of benzene rings is 2. The molecule has 0 unspecified atom stereocenters. The molecule has 0 aliphatic heterocycles. The van der Waals surface area contributed by atoms with Crippen molar-refractivity contribution in [2.24, 2.45) is 5.73 Å². The van der Waals surface area contributed by atoms with Crippen LogP contribution in [0.3, 0.4) is 0 Å². The minimum Gasteiger partial charge on any atom is -0.378 e. The average Bonchev–Trinajstić information content (AvgIpc) is 2.61. The number of carbonyl (C=O) groups is 2. The van der Waals surface area contributed by atoms with Crippen LogP contribution < -0.4 is 11.1 Å². The van der Waals surface area contributed by atoms with Gasteiger partial charge in [-0.25, -0.2) is 4.39 Å². The number of primary amides is 1. The van der Waals surface area contributed by atoms with Crippen molar-refractivity contribution in [3.63, 3.8) is 0 Å². The van der Waals surface area contributed by atoms with Crippen molar-refractivity contribution in [1.29, 1.82) is 0 Å². The molecule has 2 rings (SSSR count). The predicted octanol–water partition coefficient (Wildman–Crippen LogP) is 2.09. The molecule has 0 aromatic heterocycles. The Hall–Kier alpha value is -2.94. The van der Waals surface area contributed by atoms with Crippen LogP contribution in [0.25, 0.3) is 0 Å². The predicted molar refractivity (Wildman–Crippen MR) is 87.6 cm³/mol. The summed E-state index contributed by atoms with van der Waals surface area (Å²) in [7, 11) is 0. The number of aliphatic hydroxyl groups is 1. The van der Waals surface area contributed by atoms with Crippen molar-refractivity contribution in [3.8, 4) is 0 Å². The maximum atomic E-state index is 12.9. The molecule has 0 radical (unpaired) electrons. The summed E-state index contributed by atoms with van der Waals surface area (Å²) in [4.78, 5) is 23.7. The first-order chi connectivity index (χ1) is 12.6. The first kappa shape index (κ1) is 20.4. The molecule has 0 spiro atoms. The molecule has 2 atom stereocenters. The highest BCUT2D eigenvalue weighted by Gasteiger charge is 2.31. The Morgan fingerprint density at radius 3 is 2.07 bits per heavy atom. The zero-order valence-electron chi connectivity index (χ0n) is 13.8. The van der Waals surface area contributed by atoms with Gasteiger partial charge in [0.25, 0.3) is 5.91 Å². The maximum Gasteiger partial charge on any atom is 0.416 e. The smallest absolute Gasteiger partial charge is 0.378 e. The van der Waals surface area contributed by atoms with Crippen molar-refractivity contribution >= 4 is 11.8 Å². The van der Waals surface area contributed by atoms with Crippen LogP contribution in [-0.4, -0.2) is 23.0 Å². The summed E-state index contributed by atoms with van der Waals surface area (Å²) in [6.07, 6.45) is -6.37. The van der Waals surface area contributed by atoms with Gasteiger partial charge in [-0.2, -0.15) is 13.2 Å². The summed E-state index contributed by atoms with van der Waals surface area (Å²) in [5.41, 5.74) is 4.75. The van der Waals surface area contributed by atoms with Gasteiger partial charge in [0.15, 0.2) is 6.10 Å². The molecule has 2 aromatic carbocycles. The van der Waals surface area contributed by atoms with E-state index in [1.54, 1.807) is 0 Å². The number of carbonyl (C=O) groups excluding carboxylic acids is 2. The van der Waals surface area contributed by atoms with Crippen molar-refractivity contribution in [2.75, 3.05) is 0 Å². The van der Waals surface area contributed by atoms with Crippen LogP contribution in [0.2, 0.25) is 0 Å². The molecule has 2 aromatic rings. The highest BCUT2D eigenvalue weighted by molar-refractivity contribution is 5.89. The van der Waals surface area contributed by atoms with Gasteiger partial charge in [-0.05, 0) is 35.4 Å². The van der Waals surface area contributed by atoms with Gasteiger partial charge in [0.2, 0.25) is 5.91 Å². The molecule has 0 saturated carbocycles. The van der Waals surface area contributed by atoms with Crippen molar-refractivity contribution < 1.29 is 32.3 Å². The Bertz CT molecular complexity index is 805. The number of amides is 2. The third kappa shape index (κ3) is 5.52. The third-order valence-electron chi connectivity index (χ3n) is 3.82. The quantitative estimate of drug-likeness (QED) is 0.666. The number of rotatable bonds is 6. The Labute approximate surface area is 151 Å². The maximum absolute atomic E-state index is 12.9. The standard InChI is InChI=1S/C18H16F4N2O3/c19-13-7-1-10(2-8-13)9-14(16(23)26)24-17(27)15(25)11-3-5-12(6-4-11)18(20,21)22/h1-8,14-15,25H,9H2,(H2,23,26)(H,24,27)/t14-,15-/m1/s1. The van der Waals surface area contributed by atoms with E-state index in [9.17, 15) is 32.3 Å². The van der Waals surface area contributed by atoms with E-state index in [0.29, 0.717) is 5.56 Å². The van der Waals surface area contributed by atoms with E-state index in [1.807, 2.05) is 0 Å². The van der Waals surface area contributed by atoms with Gasteiger partial charge >= 0.3 is 6.18 Å². The Kier molecular flexibility index (Phi) is 6.17. The molecule has 0 bridgehead atoms. The van der Waals surface area contributed by atoms with Crippen molar-refractivity contribution in [3.05, 3.63) is 71.0 Å². The number of hydrogen-bond donors (Lipinski definition) is 3. The van der Waals surface area contributed by atoms with Crippen LogP contribution in [0.5, 0.6) is 0 Å². The zero-order chi connectivity index (χ0) is 20.2. The molecule has 27 heavy (non-hydrogen) atoms. The summed E-state index contributed by atoms with van der Waals surface area (Å²) in [5.74, 6) is -2.36. The summed E-state index contributed by atoms with van der Waals surface area (Å²) in [5, 5.41) is 12.3. The van der Waals surface area contributed by atoms with Gasteiger partial charge in [-0.1, -0.05) is 24.3 Å². The van der Waals surface area contributed by atoms with Gasteiger partial charge in [0, 0.05) is 6.42 Å². The largest absolute Gasteiger partial charge is 0.416 e. The Morgan fingerprint density at radius 1 is 1.04 bits per heavy atom. The van der Waals surface area contributed by atoms with Gasteiger partial charge < -0.3 is 16.2 Å². The number of nitrogens with two attached hydrogens (primary N) is 1. The first-order valence-corrected chi connectivity index (χ1v) is 7.77. The molecule has 0 saturated heterocycles. The lowest BCUT2D eigenvalue weighted by Crippen LogP contribution is -2.47. The normalized spacial score (nSPS) is 13.7. The molecule has 2 amide bonds. The van der Waals surface area contributed by atoms with Crippen LogP contribution in [0.15, 0.2) is 48.5 Å². The second-order valence-corrected chi connectivity index (χ2v) is 5.82. The second-order valence-electron chi connectivity index (χ2n) is 5.82. The van der Waals surface area contributed by atoms with Gasteiger partial charge in [-0.15, -0.1) is 0 Å². The molecular weight excluding hydrogens is 368 g/mol. The van der Waals surface area contributed by atoms with Crippen LogP contribution in [0.1, 0.15) is 22.8 Å². The van der Waals surface area contributed by atoms with Crippen LogP contribution in [0.4, 0.5) is 17.6 Å². The van der Waals surface area contributed by atoms with Crippen molar-refractivity contribution in [2.45, 2.75) is 24.7 Å². The summed E-state index contributed by atoms with van der Waals surface area (Å²) < 4.78 is 50.6. The van der Waals surface area contributed by atoms with E-state index in [-0.39, 0.29) is 12.0 Å². The second kappa shape index (κ2) is 8.17. The fourth-order valence-electron chi connectivity index (χ4n) is 2.34. The lowest BCUT2D eigenvalue weighted by atomic mass is 10.0. The van der Waals surface area contributed by atoms with Gasteiger partial charge in [-0.3, -0.25) is 9.59 Å². The Morgan fingerprint density at radius 2 is 1.59 bits per heavy atom. The molecule has 4 N–H and O–H groups in total. The number of halogens is 4. The van der Waals surface area contributed by atoms with E-state index >= 15 is 0 Å². The van der Waals surface area contributed by atoms with E-state index < -0.39 is 41.5 Å². The zero-order valence-corrected chi connectivity index (χ0v) is 13.8. The summed E-state index contributed by atoms with van der Waals surface area (Å²) in [6.45, 7) is 0. The first-order valence-electron chi connectivity index (χ1n) is 7.77. The van der Waals surface area contributed by atoms with E-state index in [2.05, 4.69) is 5.32 Å². The average molecular weight is 384 g/mol. The molecule has 9 heteroatoms. The fourth-order valence-corrected chi connectivity index (χ4v) is 2.34. The summed E-state index contributed by atoms with van der Waals surface area (Å²) >= 11 is 0. The topological polar surface area (TPSA) is 92.4 Å². The molecule has 0 aliphatic rings. The fraction of sp³-hybridized carbons (Fsp3) is 0.222. The number of nitrogens with one attached hydrogen (secondary N) is 1. The minimum atomic E-state index is -4.54. The molecule has 0 heterocycles. The third-order valence-corrected chi connectivity index (χ3v) is 3.82. The van der Waals surface area contributed by atoms with E-state index in [4.69, 9.17) is 5.73 Å². The van der Waals surface area contributed by atoms with Crippen LogP contribution in [-0.2, 0) is 22.2 Å². The van der Waals surface area contributed by atoms with Gasteiger partial charge in [0.05, 0.1) is 5.56 Å². The molecule has 0 aliphatic carbocycles. The summed E-state index contributed by atoms with van der Waals surface area (Å²) in [6, 6.07) is 7.36. The number of aliphatic hydroxyl groups excluding tert-OH is 1. The monoisotopic (exact) mass is 384 g/mol. The molecule has 0 fully saturated rings. The van der Waals surface area contributed by atoms with Crippen molar-refractivity contribution in [1.82, 2.24) is 5.32 Å². The minimum absolute atomic E-state index is 0.0406. The van der Waals surface area contributed by atoms with Crippen LogP contribution >= 0.6 is 0 Å².